The second-order valence-electron chi connectivity index (χ2n) is 1.39. The van der Waals surface area contributed by atoms with E-state index in [0.29, 0.717) is 5.33 Å². The van der Waals surface area contributed by atoms with Crippen LogP contribution in [0.25, 0.3) is 0 Å². The second-order valence-corrected chi connectivity index (χ2v) is 1.95. The highest BCUT2D eigenvalue weighted by Gasteiger charge is 2.02. The molecule has 0 unspecified atom stereocenters. The molecule has 0 saturated heterocycles. The lowest BCUT2D eigenvalue weighted by molar-refractivity contribution is -0.117. The lowest BCUT2D eigenvalue weighted by Gasteiger charge is -1.95. The fraction of sp³-hybridized carbons (Fsp3) is 0.750. The summed E-state index contributed by atoms with van der Waals surface area (Å²) in [6.45, 7) is 1.67. The maximum atomic E-state index is 10.3. The van der Waals surface area contributed by atoms with E-state index in [1.165, 1.54) is 0 Å². The number of carbonyl (C=O) groups excluding carboxylic acids is 1. The number of alkyl halides is 1. The lowest BCUT2D eigenvalue weighted by Crippen LogP contribution is -2.27. The molecule has 0 spiro atoms. The highest BCUT2D eigenvalue weighted by atomic mass is 79.9. The van der Waals surface area contributed by atoms with Gasteiger partial charge >= 0.3 is 0 Å². The molecule has 0 aromatic rings. The third-order valence-corrected chi connectivity index (χ3v) is 1.19. The predicted molar refractivity (Wildman–Crippen MR) is 32.5 cm³/mol. The van der Waals surface area contributed by atoms with Gasteiger partial charge in [0.25, 0.3) is 0 Å². The van der Waals surface area contributed by atoms with E-state index in [1.54, 1.807) is 6.92 Å². The fourth-order valence-electron chi connectivity index (χ4n) is 0.122. The minimum Gasteiger partial charge on any atom is -0.322 e. The number of rotatable bonds is 2. The Balaban J connectivity index is 3.35. The monoisotopic (exact) mass is 165 g/mol. The molecule has 2 N–H and O–H groups in total. The third-order valence-electron chi connectivity index (χ3n) is 0.640. The smallest absolute Gasteiger partial charge is 0.159 e. The van der Waals surface area contributed by atoms with Crippen molar-refractivity contribution in [3.8, 4) is 0 Å². The van der Waals surface area contributed by atoms with Crippen LogP contribution in [0.5, 0.6) is 0 Å². The number of halogens is 1. The summed E-state index contributed by atoms with van der Waals surface area (Å²) in [4.78, 5) is 10.3. The van der Waals surface area contributed by atoms with Gasteiger partial charge in [0.2, 0.25) is 0 Å². The molecule has 0 saturated carbocycles. The van der Waals surface area contributed by atoms with Crippen molar-refractivity contribution in [1.82, 2.24) is 0 Å². The van der Waals surface area contributed by atoms with Gasteiger partial charge in [0, 0.05) is 0 Å². The van der Waals surface area contributed by atoms with Crippen LogP contribution < -0.4 is 5.73 Å². The van der Waals surface area contributed by atoms with Gasteiger partial charge in [-0.2, -0.15) is 0 Å². The van der Waals surface area contributed by atoms with Gasteiger partial charge in [-0.3, -0.25) is 4.79 Å². The summed E-state index contributed by atoms with van der Waals surface area (Å²) in [6.07, 6.45) is 0. The summed E-state index contributed by atoms with van der Waals surface area (Å²) in [5.41, 5.74) is 5.17. The molecule has 0 amide bonds. The Hall–Kier alpha value is 0.110. The number of ketones is 1. The van der Waals surface area contributed by atoms with Crippen molar-refractivity contribution in [1.29, 1.82) is 0 Å². The summed E-state index contributed by atoms with van der Waals surface area (Å²) in [5.74, 6) is 0.0417. The van der Waals surface area contributed by atoms with E-state index in [0.717, 1.165) is 0 Å². The van der Waals surface area contributed by atoms with Crippen LogP contribution in [0.2, 0.25) is 0 Å². The summed E-state index contributed by atoms with van der Waals surface area (Å²) >= 11 is 2.99. The van der Waals surface area contributed by atoms with Gasteiger partial charge in [-0.05, 0) is 6.92 Å². The molecule has 0 aromatic carbocycles. The Morgan fingerprint density at radius 2 is 2.43 bits per heavy atom. The summed E-state index contributed by atoms with van der Waals surface area (Å²) in [5, 5.41) is 0.366. The topological polar surface area (TPSA) is 43.1 Å². The first kappa shape index (κ1) is 7.11. The molecule has 0 rings (SSSR count). The van der Waals surface area contributed by atoms with Crippen molar-refractivity contribution in [2.45, 2.75) is 13.0 Å². The third kappa shape index (κ3) is 2.76. The molecule has 0 aromatic heterocycles. The Kier molecular flexibility index (Phi) is 3.21. The van der Waals surface area contributed by atoms with Crippen molar-refractivity contribution >= 4 is 21.7 Å². The molecule has 42 valence electrons. The maximum absolute atomic E-state index is 10.3. The SMILES string of the molecule is C[C@@H](N)C(=O)CBr. The van der Waals surface area contributed by atoms with Crippen LogP contribution in [0.3, 0.4) is 0 Å². The van der Waals surface area contributed by atoms with Crippen LogP contribution in [0.4, 0.5) is 0 Å². The summed E-state index contributed by atoms with van der Waals surface area (Å²) in [7, 11) is 0. The van der Waals surface area contributed by atoms with Crippen LogP contribution in [0, 0.1) is 0 Å². The normalized spacial score (nSPS) is 13.6. The zero-order valence-corrected chi connectivity index (χ0v) is 5.73. The second kappa shape index (κ2) is 3.16. The van der Waals surface area contributed by atoms with Gasteiger partial charge in [-0.25, -0.2) is 0 Å². The Labute approximate surface area is 51.2 Å². The largest absolute Gasteiger partial charge is 0.322 e. The molecule has 3 heteroatoms. The van der Waals surface area contributed by atoms with Crippen LogP contribution in [-0.2, 0) is 4.79 Å². The first-order valence-electron chi connectivity index (χ1n) is 2.02. The highest BCUT2D eigenvalue weighted by molar-refractivity contribution is 9.09. The number of carbonyl (C=O) groups is 1. The molecule has 0 heterocycles. The van der Waals surface area contributed by atoms with Crippen molar-refractivity contribution in [3.05, 3.63) is 0 Å². The molecule has 7 heavy (non-hydrogen) atoms. The summed E-state index contributed by atoms with van der Waals surface area (Å²) in [6, 6.07) is -0.320. The average molecular weight is 166 g/mol. The van der Waals surface area contributed by atoms with Crippen LogP contribution >= 0.6 is 15.9 Å². The summed E-state index contributed by atoms with van der Waals surface area (Å²) < 4.78 is 0. The Bertz CT molecular complexity index is 72.1. The first-order valence-corrected chi connectivity index (χ1v) is 3.15. The number of Topliss-reactive ketones (excluding diaryl/α,β-unsaturated/α-hetero) is 1. The minimum atomic E-state index is -0.320. The molecule has 0 aliphatic heterocycles. The van der Waals surface area contributed by atoms with E-state index >= 15 is 0 Å². The molecule has 0 radical (unpaired) electrons. The molecule has 0 bridgehead atoms. The maximum Gasteiger partial charge on any atom is 0.159 e. The number of hydrogen-bond acceptors (Lipinski definition) is 2. The van der Waals surface area contributed by atoms with Gasteiger partial charge in [0.15, 0.2) is 5.78 Å². The predicted octanol–water partition coefficient (Wildman–Crippen LogP) is 0.298. The highest BCUT2D eigenvalue weighted by Crippen LogP contribution is 1.84. The first-order chi connectivity index (χ1) is 3.18. The molecule has 1 atom stereocenters. The molecule has 2 nitrogen and oxygen atoms in total. The van der Waals surface area contributed by atoms with E-state index in [2.05, 4.69) is 15.9 Å². The van der Waals surface area contributed by atoms with E-state index in [-0.39, 0.29) is 11.8 Å². The molecule has 0 fully saturated rings. The Morgan fingerprint density at radius 3 is 2.43 bits per heavy atom. The van der Waals surface area contributed by atoms with Crippen molar-refractivity contribution in [2.75, 3.05) is 5.33 Å². The quantitative estimate of drug-likeness (QED) is 0.599. The van der Waals surface area contributed by atoms with E-state index in [1.807, 2.05) is 0 Å². The number of nitrogens with two attached hydrogens (primary N) is 1. The van der Waals surface area contributed by atoms with Crippen LogP contribution in [0.15, 0.2) is 0 Å². The molecular formula is C4H8BrNO. The van der Waals surface area contributed by atoms with Crippen LogP contribution in [-0.4, -0.2) is 17.2 Å². The van der Waals surface area contributed by atoms with Crippen molar-refractivity contribution in [3.63, 3.8) is 0 Å². The van der Waals surface area contributed by atoms with Crippen molar-refractivity contribution < 1.29 is 4.79 Å². The van der Waals surface area contributed by atoms with Gasteiger partial charge in [0.05, 0.1) is 11.4 Å². The molecule has 0 aliphatic carbocycles. The van der Waals surface area contributed by atoms with E-state index in [4.69, 9.17) is 5.73 Å². The van der Waals surface area contributed by atoms with Crippen LogP contribution in [0.1, 0.15) is 6.92 Å². The van der Waals surface area contributed by atoms with Gasteiger partial charge in [-0.15, -0.1) is 0 Å². The Morgan fingerprint density at radius 1 is 2.00 bits per heavy atom. The van der Waals surface area contributed by atoms with Gasteiger partial charge in [0.1, 0.15) is 0 Å². The average Bonchev–Trinajstić information content (AvgIpc) is 1.65. The van der Waals surface area contributed by atoms with Gasteiger partial charge < -0.3 is 5.73 Å². The standard InChI is InChI=1S/C4H8BrNO/c1-3(6)4(7)2-5/h3H,2,6H2,1H3/t3-/m1/s1. The molecular weight excluding hydrogens is 158 g/mol. The zero-order valence-electron chi connectivity index (χ0n) is 4.15. The zero-order chi connectivity index (χ0) is 5.86. The number of hydrogen-bond donors (Lipinski definition) is 1. The van der Waals surface area contributed by atoms with Crippen molar-refractivity contribution in [2.24, 2.45) is 5.73 Å². The van der Waals surface area contributed by atoms with E-state index in [9.17, 15) is 4.79 Å². The minimum absolute atomic E-state index is 0.0417. The lowest BCUT2D eigenvalue weighted by atomic mass is 10.3. The van der Waals surface area contributed by atoms with Gasteiger partial charge in [-0.1, -0.05) is 15.9 Å². The fourth-order valence-corrected chi connectivity index (χ4v) is 0.632. The molecule has 0 aliphatic rings. The van der Waals surface area contributed by atoms with E-state index < -0.39 is 0 Å².